The molecule has 1 saturated heterocycles. The van der Waals surface area contributed by atoms with Gasteiger partial charge in [0.1, 0.15) is 5.75 Å². The zero-order valence-corrected chi connectivity index (χ0v) is 12.0. The number of amides is 2. The molecule has 1 aliphatic carbocycles. The molecule has 2 amide bonds. The standard InChI is InChI=1S/C16H20N2O3/c19-14-4-1-3-13(11-14)16(21)18-8-2-7-17(9-10-18)15(20)12-5-6-12/h1,3-4,11-12,19H,2,5-10H2. The Hall–Kier alpha value is -2.04. The van der Waals surface area contributed by atoms with Crippen LogP contribution in [0.3, 0.4) is 0 Å². The Balaban J connectivity index is 1.64. The van der Waals surface area contributed by atoms with Gasteiger partial charge in [-0.05, 0) is 37.5 Å². The second kappa shape index (κ2) is 5.76. The Morgan fingerprint density at radius 1 is 1.05 bits per heavy atom. The fraction of sp³-hybridized carbons (Fsp3) is 0.500. The van der Waals surface area contributed by atoms with Gasteiger partial charge in [0, 0.05) is 37.7 Å². The first kappa shape index (κ1) is 13.9. The molecule has 0 spiro atoms. The van der Waals surface area contributed by atoms with Crippen molar-refractivity contribution < 1.29 is 14.7 Å². The van der Waals surface area contributed by atoms with Crippen molar-refractivity contribution in [2.45, 2.75) is 19.3 Å². The minimum atomic E-state index is -0.0772. The van der Waals surface area contributed by atoms with Crippen LogP contribution in [0.5, 0.6) is 5.75 Å². The number of phenols is 1. The molecule has 3 rings (SSSR count). The lowest BCUT2D eigenvalue weighted by atomic mass is 10.2. The number of hydrogen-bond acceptors (Lipinski definition) is 3. The summed E-state index contributed by atoms with van der Waals surface area (Å²) >= 11 is 0. The largest absolute Gasteiger partial charge is 0.508 e. The zero-order valence-electron chi connectivity index (χ0n) is 12.0. The number of nitrogens with zero attached hydrogens (tertiary/aromatic N) is 2. The molecule has 2 fully saturated rings. The maximum atomic E-state index is 12.4. The molecule has 0 bridgehead atoms. The predicted octanol–water partition coefficient (Wildman–Crippen LogP) is 1.48. The van der Waals surface area contributed by atoms with Crippen LogP contribution < -0.4 is 0 Å². The van der Waals surface area contributed by atoms with Crippen molar-refractivity contribution in [3.05, 3.63) is 29.8 Å². The molecule has 1 aliphatic heterocycles. The van der Waals surface area contributed by atoms with Crippen molar-refractivity contribution >= 4 is 11.8 Å². The SMILES string of the molecule is O=C(c1cccc(O)c1)N1CCCN(C(=O)C2CC2)CC1. The Morgan fingerprint density at radius 3 is 2.48 bits per heavy atom. The molecule has 5 heteroatoms. The van der Waals surface area contributed by atoms with Crippen molar-refractivity contribution in [1.82, 2.24) is 9.80 Å². The van der Waals surface area contributed by atoms with Crippen molar-refractivity contribution in [1.29, 1.82) is 0 Å². The summed E-state index contributed by atoms with van der Waals surface area (Å²) in [5, 5.41) is 9.48. The van der Waals surface area contributed by atoms with Crippen molar-refractivity contribution in [2.24, 2.45) is 5.92 Å². The molecule has 0 aromatic heterocycles. The van der Waals surface area contributed by atoms with E-state index in [1.165, 1.54) is 6.07 Å². The van der Waals surface area contributed by atoms with Gasteiger partial charge in [-0.2, -0.15) is 0 Å². The molecule has 2 aliphatic rings. The highest BCUT2D eigenvalue weighted by atomic mass is 16.3. The highest BCUT2D eigenvalue weighted by Gasteiger charge is 2.34. The summed E-state index contributed by atoms with van der Waals surface area (Å²) < 4.78 is 0. The zero-order chi connectivity index (χ0) is 14.8. The minimum absolute atomic E-state index is 0.0772. The van der Waals surface area contributed by atoms with Gasteiger partial charge in [0.2, 0.25) is 5.91 Å². The van der Waals surface area contributed by atoms with Crippen molar-refractivity contribution in [2.75, 3.05) is 26.2 Å². The van der Waals surface area contributed by atoms with E-state index in [2.05, 4.69) is 0 Å². The monoisotopic (exact) mass is 288 g/mol. The highest BCUT2D eigenvalue weighted by molar-refractivity contribution is 5.94. The van der Waals surface area contributed by atoms with Gasteiger partial charge in [0.15, 0.2) is 0 Å². The van der Waals surface area contributed by atoms with Crippen LogP contribution in [0.4, 0.5) is 0 Å². The smallest absolute Gasteiger partial charge is 0.254 e. The third-order valence-electron chi connectivity index (χ3n) is 4.11. The minimum Gasteiger partial charge on any atom is -0.508 e. The number of aromatic hydroxyl groups is 1. The van der Waals surface area contributed by atoms with E-state index >= 15 is 0 Å². The summed E-state index contributed by atoms with van der Waals surface area (Å²) in [6.07, 6.45) is 2.84. The van der Waals surface area contributed by atoms with Crippen LogP contribution in [0.25, 0.3) is 0 Å². The molecule has 0 radical (unpaired) electrons. The highest BCUT2D eigenvalue weighted by Crippen LogP contribution is 2.31. The molecule has 21 heavy (non-hydrogen) atoms. The van der Waals surface area contributed by atoms with E-state index in [1.54, 1.807) is 23.1 Å². The normalized spacial score (nSPS) is 19.2. The second-order valence-electron chi connectivity index (χ2n) is 5.80. The van der Waals surface area contributed by atoms with E-state index in [0.29, 0.717) is 25.2 Å². The van der Waals surface area contributed by atoms with E-state index in [-0.39, 0.29) is 23.5 Å². The van der Waals surface area contributed by atoms with Gasteiger partial charge in [0.25, 0.3) is 5.91 Å². The summed E-state index contributed by atoms with van der Waals surface area (Å²) in [6, 6.07) is 6.42. The summed E-state index contributed by atoms with van der Waals surface area (Å²) in [7, 11) is 0. The predicted molar refractivity (Wildman–Crippen MR) is 77.9 cm³/mol. The Bertz CT molecular complexity index is 554. The van der Waals surface area contributed by atoms with Crippen molar-refractivity contribution in [3.63, 3.8) is 0 Å². The van der Waals surface area contributed by atoms with Gasteiger partial charge in [-0.15, -0.1) is 0 Å². The Kier molecular flexibility index (Phi) is 3.82. The lowest BCUT2D eigenvalue weighted by Gasteiger charge is -2.22. The van der Waals surface area contributed by atoms with E-state index in [4.69, 9.17) is 0 Å². The first-order valence-electron chi connectivity index (χ1n) is 7.52. The molecule has 1 saturated carbocycles. The van der Waals surface area contributed by atoms with Gasteiger partial charge in [0.05, 0.1) is 0 Å². The summed E-state index contributed by atoms with van der Waals surface area (Å²) in [6.45, 7) is 2.56. The van der Waals surface area contributed by atoms with Gasteiger partial charge >= 0.3 is 0 Å². The third kappa shape index (κ3) is 3.17. The molecule has 5 nitrogen and oxygen atoms in total. The summed E-state index contributed by atoms with van der Waals surface area (Å²) in [4.78, 5) is 28.2. The van der Waals surface area contributed by atoms with E-state index in [0.717, 1.165) is 25.8 Å². The summed E-state index contributed by atoms with van der Waals surface area (Å²) in [5.74, 6) is 0.507. The maximum absolute atomic E-state index is 12.4. The van der Waals surface area contributed by atoms with Crippen LogP contribution in [-0.4, -0.2) is 52.9 Å². The molecular formula is C16H20N2O3. The van der Waals surface area contributed by atoms with Crippen LogP contribution in [0, 0.1) is 5.92 Å². The number of hydrogen-bond donors (Lipinski definition) is 1. The number of benzene rings is 1. The molecule has 1 N–H and O–H groups in total. The Labute approximate surface area is 124 Å². The van der Waals surface area contributed by atoms with Crippen LogP contribution >= 0.6 is 0 Å². The topological polar surface area (TPSA) is 60.9 Å². The number of phenolic OH excluding ortho intramolecular Hbond substituents is 1. The average Bonchev–Trinajstić information content (AvgIpc) is 3.32. The van der Waals surface area contributed by atoms with E-state index in [1.807, 2.05) is 4.90 Å². The van der Waals surface area contributed by atoms with Crippen LogP contribution in [0.2, 0.25) is 0 Å². The van der Waals surface area contributed by atoms with Gasteiger partial charge < -0.3 is 14.9 Å². The molecular weight excluding hydrogens is 268 g/mol. The molecule has 0 atom stereocenters. The van der Waals surface area contributed by atoms with E-state index < -0.39 is 0 Å². The quantitative estimate of drug-likeness (QED) is 0.896. The molecule has 0 unspecified atom stereocenters. The van der Waals surface area contributed by atoms with Crippen molar-refractivity contribution in [3.8, 4) is 5.75 Å². The fourth-order valence-electron chi connectivity index (χ4n) is 2.75. The maximum Gasteiger partial charge on any atom is 0.254 e. The second-order valence-corrected chi connectivity index (χ2v) is 5.80. The van der Waals surface area contributed by atoms with Crippen LogP contribution in [-0.2, 0) is 4.79 Å². The lowest BCUT2D eigenvalue weighted by Crippen LogP contribution is -2.37. The van der Waals surface area contributed by atoms with Gasteiger partial charge in [-0.1, -0.05) is 6.07 Å². The fourth-order valence-corrected chi connectivity index (χ4v) is 2.75. The third-order valence-corrected chi connectivity index (χ3v) is 4.11. The number of rotatable bonds is 2. The lowest BCUT2D eigenvalue weighted by molar-refractivity contribution is -0.132. The van der Waals surface area contributed by atoms with E-state index in [9.17, 15) is 14.7 Å². The van der Waals surface area contributed by atoms with Gasteiger partial charge in [-0.3, -0.25) is 9.59 Å². The van der Waals surface area contributed by atoms with Gasteiger partial charge in [-0.25, -0.2) is 0 Å². The first-order chi connectivity index (χ1) is 10.1. The average molecular weight is 288 g/mol. The molecule has 1 aromatic carbocycles. The molecule has 1 aromatic rings. The summed E-state index contributed by atoms with van der Waals surface area (Å²) in [5.41, 5.74) is 0.497. The Morgan fingerprint density at radius 2 is 1.76 bits per heavy atom. The van der Waals surface area contributed by atoms with Crippen LogP contribution in [0.1, 0.15) is 29.6 Å². The molecule has 112 valence electrons. The molecule has 1 heterocycles. The number of carbonyl (C=O) groups excluding carboxylic acids is 2. The van der Waals surface area contributed by atoms with Crippen LogP contribution in [0.15, 0.2) is 24.3 Å². The number of carbonyl (C=O) groups is 2. The first-order valence-corrected chi connectivity index (χ1v) is 7.52.